The first kappa shape index (κ1) is 25.8. The molecule has 0 aromatic heterocycles. The van der Waals surface area contributed by atoms with Crippen LogP contribution in [0.1, 0.15) is 36.0 Å². The topological polar surface area (TPSA) is 88.2 Å². The molecular weight excluding hydrogens is 537 g/mol. The van der Waals surface area contributed by atoms with Crippen LogP contribution in [0.3, 0.4) is 0 Å². The molecule has 2 aliphatic heterocycles. The molecule has 7 nitrogen and oxygen atoms in total. The lowest BCUT2D eigenvalue weighted by atomic mass is 9.57. The van der Waals surface area contributed by atoms with Crippen molar-refractivity contribution >= 4 is 7.82 Å². The molecule has 9 rings (SSSR count). The van der Waals surface area contributed by atoms with Gasteiger partial charge in [0.1, 0.15) is 12.2 Å². The molecule has 8 atom stereocenters. The highest BCUT2D eigenvalue weighted by molar-refractivity contribution is 7.47. The summed E-state index contributed by atoms with van der Waals surface area (Å²) in [5.74, 6) is 0.834. The molecule has 1 saturated carbocycles. The first-order valence-electron chi connectivity index (χ1n) is 14.6. The number of phosphoric ester groups is 1. The Morgan fingerprint density at radius 3 is 2.61 bits per heavy atom. The molecule has 3 aromatic carbocycles. The highest BCUT2D eigenvalue weighted by Crippen LogP contribution is 2.71. The Balaban J connectivity index is 0.959. The number of phenolic OH excluding ortho intramolecular Hbond substituents is 1. The lowest BCUT2D eigenvalue weighted by molar-refractivity contribution is -0.00975. The zero-order valence-electron chi connectivity index (χ0n) is 23.0. The average molecular weight is 572 g/mol. The van der Waals surface area contributed by atoms with Crippen molar-refractivity contribution in [3.8, 4) is 22.6 Å². The molecule has 2 heterocycles. The Morgan fingerprint density at radius 2 is 1.80 bits per heavy atom. The summed E-state index contributed by atoms with van der Waals surface area (Å²) in [4.78, 5) is 13.2. The van der Waals surface area contributed by atoms with E-state index in [-0.39, 0.29) is 23.8 Å². The third-order valence-corrected chi connectivity index (χ3v) is 11.5. The van der Waals surface area contributed by atoms with Gasteiger partial charge in [0.15, 0.2) is 11.5 Å². The summed E-state index contributed by atoms with van der Waals surface area (Å²) in [6.45, 7) is 0.102. The number of hydrogen-bond acceptors (Lipinski definition) is 6. The molecule has 4 aliphatic carbocycles. The van der Waals surface area contributed by atoms with Gasteiger partial charge in [-0.15, -0.1) is 0 Å². The van der Waals surface area contributed by atoms with E-state index in [0.717, 1.165) is 42.4 Å². The molecule has 8 heteroatoms. The van der Waals surface area contributed by atoms with Crippen molar-refractivity contribution in [3.05, 3.63) is 95.6 Å². The van der Waals surface area contributed by atoms with E-state index in [1.54, 1.807) is 6.07 Å². The van der Waals surface area contributed by atoms with Crippen molar-refractivity contribution in [2.75, 3.05) is 13.7 Å². The first-order chi connectivity index (χ1) is 19.8. The number of likely N-dealkylation sites (N-methyl/N-ethyl adjacent to an activating group) is 1. The van der Waals surface area contributed by atoms with Crippen LogP contribution in [0.2, 0.25) is 0 Å². The summed E-state index contributed by atoms with van der Waals surface area (Å²) >= 11 is 0. The van der Waals surface area contributed by atoms with E-state index in [2.05, 4.69) is 54.4 Å². The molecule has 0 radical (unpaired) electrons. The maximum Gasteiger partial charge on any atom is 0.472 e. The Hall–Kier alpha value is -2.93. The van der Waals surface area contributed by atoms with E-state index >= 15 is 0 Å². The fourth-order valence-electron chi connectivity index (χ4n) is 8.55. The molecule has 2 spiro atoms. The maximum atomic E-state index is 13.1. The van der Waals surface area contributed by atoms with Crippen molar-refractivity contribution in [1.82, 2.24) is 4.90 Å². The third kappa shape index (κ3) is 3.76. The Bertz CT molecular complexity index is 1590. The normalized spacial score (nSPS) is 34.7. The van der Waals surface area contributed by atoms with Crippen LogP contribution in [0, 0.1) is 5.92 Å². The van der Waals surface area contributed by atoms with Gasteiger partial charge in [-0.25, -0.2) is 4.57 Å². The molecule has 212 valence electrons. The van der Waals surface area contributed by atoms with Crippen molar-refractivity contribution < 1.29 is 28.3 Å². The molecule has 2 fully saturated rings. The van der Waals surface area contributed by atoms with E-state index in [9.17, 15) is 14.6 Å². The van der Waals surface area contributed by atoms with E-state index in [1.807, 2.05) is 30.3 Å². The number of rotatable bonds is 8. The van der Waals surface area contributed by atoms with Crippen LogP contribution >= 0.6 is 7.82 Å². The van der Waals surface area contributed by atoms with E-state index in [1.165, 1.54) is 11.1 Å². The van der Waals surface area contributed by atoms with Gasteiger partial charge in [0, 0.05) is 28.5 Å². The largest absolute Gasteiger partial charge is 0.504 e. The highest BCUT2D eigenvalue weighted by atomic mass is 31.2. The van der Waals surface area contributed by atoms with Crippen LogP contribution in [0.25, 0.3) is 11.1 Å². The second kappa shape index (κ2) is 9.03. The molecule has 41 heavy (non-hydrogen) atoms. The van der Waals surface area contributed by atoms with Crippen LogP contribution in [0.4, 0.5) is 0 Å². The smallest absolute Gasteiger partial charge is 0.472 e. The van der Waals surface area contributed by atoms with Gasteiger partial charge in [-0.3, -0.25) is 13.9 Å². The van der Waals surface area contributed by atoms with Crippen LogP contribution < -0.4 is 4.74 Å². The number of fused-ring (bicyclic) bond motifs is 1. The minimum absolute atomic E-state index is 0.102. The molecule has 0 amide bonds. The molecule has 2 bridgehead atoms. The molecule has 8 unspecified atom stereocenters. The molecule has 3 aromatic rings. The Morgan fingerprint density at radius 1 is 1.02 bits per heavy atom. The second-order valence-electron chi connectivity index (χ2n) is 12.3. The van der Waals surface area contributed by atoms with Crippen molar-refractivity contribution in [2.45, 2.75) is 61.3 Å². The monoisotopic (exact) mass is 571 g/mol. The van der Waals surface area contributed by atoms with E-state index in [4.69, 9.17) is 13.8 Å². The molecule has 6 aliphatic rings. The van der Waals surface area contributed by atoms with Crippen LogP contribution in [0.15, 0.2) is 78.9 Å². The number of benzene rings is 3. The highest BCUT2D eigenvalue weighted by Gasteiger charge is 2.76. The van der Waals surface area contributed by atoms with Crippen molar-refractivity contribution in [3.63, 3.8) is 0 Å². The quantitative estimate of drug-likeness (QED) is 0.153. The number of nitrogens with zero attached hydrogens (tertiary/aromatic N) is 1. The Labute approximate surface area is 240 Å². The van der Waals surface area contributed by atoms with Gasteiger partial charge < -0.3 is 14.7 Å². The Kier molecular flexibility index (Phi) is 5.67. The predicted octanol–water partition coefficient (Wildman–Crippen LogP) is 5.78. The van der Waals surface area contributed by atoms with Crippen molar-refractivity contribution in [1.29, 1.82) is 0 Å². The molecule has 2 N–H and O–H groups in total. The van der Waals surface area contributed by atoms with Crippen LogP contribution in [-0.2, 0) is 31.9 Å². The summed E-state index contributed by atoms with van der Waals surface area (Å²) in [6.07, 6.45) is 6.94. The zero-order chi connectivity index (χ0) is 28.0. The number of phosphoric acid groups is 1. The number of aromatic hydroxyl groups is 1. The summed E-state index contributed by atoms with van der Waals surface area (Å²) in [5, 5.41) is 10.8. The lowest BCUT2D eigenvalue weighted by Gasteiger charge is -2.47. The van der Waals surface area contributed by atoms with Gasteiger partial charge in [0.2, 0.25) is 0 Å². The van der Waals surface area contributed by atoms with Crippen LogP contribution in [-0.4, -0.2) is 52.3 Å². The van der Waals surface area contributed by atoms with Gasteiger partial charge in [0.25, 0.3) is 0 Å². The SMILES string of the molecule is CN1C2C3C=CC(OP(=O)(O)OCCCc4ccc(-c5ccccc5)cc4)C4Oc5c(O)ccc6c5C34CCC21C6. The molecule has 1 saturated heterocycles. The average Bonchev–Trinajstić information content (AvgIpc) is 3.48. The number of phenols is 1. The second-order valence-corrected chi connectivity index (χ2v) is 13.7. The minimum Gasteiger partial charge on any atom is -0.504 e. The summed E-state index contributed by atoms with van der Waals surface area (Å²) in [5.41, 5.74) is 5.50. The van der Waals surface area contributed by atoms with E-state index in [0.29, 0.717) is 18.2 Å². The van der Waals surface area contributed by atoms with E-state index < -0.39 is 25.4 Å². The fraction of sp³-hybridized carbons (Fsp3) is 0.394. The maximum absolute atomic E-state index is 13.1. The van der Waals surface area contributed by atoms with Gasteiger partial charge in [-0.05, 0) is 67.5 Å². The summed E-state index contributed by atoms with van der Waals surface area (Å²) < 4.78 is 30.9. The minimum atomic E-state index is -4.36. The summed E-state index contributed by atoms with van der Waals surface area (Å²) in [6, 6.07) is 22.7. The number of likely N-dealkylation sites (tertiary alicyclic amines) is 1. The van der Waals surface area contributed by atoms with Gasteiger partial charge in [0.05, 0.1) is 6.61 Å². The lowest BCUT2D eigenvalue weighted by Crippen LogP contribution is -2.56. The molecular formula is C33H34NO6P. The summed E-state index contributed by atoms with van der Waals surface area (Å²) in [7, 11) is -2.16. The standard InChI is InChI=1S/C33H34NO6P/c1-34-30-25-14-16-27(31-33(25)18-17-32(30,34)20-24-13-15-26(35)29(39-31)28(24)33)40-41(36,37)38-19-5-6-21-9-11-23(12-10-21)22-7-3-2-4-8-22/h2-4,7-16,25,27,30-31,35H,5-6,17-20H2,1H3,(H,36,37). The number of aryl methyl sites for hydroxylation is 1. The zero-order valence-corrected chi connectivity index (χ0v) is 23.9. The third-order valence-electron chi connectivity index (χ3n) is 10.4. The first-order valence-corrected chi connectivity index (χ1v) is 16.1. The van der Waals surface area contributed by atoms with Gasteiger partial charge >= 0.3 is 7.82 Å². The van der Waals surface area contributed by atoms with Crippen LogP contribution in [0.5, 0.6) is 11.5 Å². The van der Waals surface area contributed by atoms with Gasteiger partial charge in [-0.2, -0.15) is 0 Å². The number of hydrogen-bond donors (Lipinski definition) is 2. The van der Waals surface area contributed by atoms with Gasteiger partial charge in [-0.1, -0.05) is 72.8 Å². The van der Waals surface area contributed by atoms with Crippen molar-refractivity contribution in [2.24, 2.45) is 5.92 Å². The number of ether oxygens (including phenoxy) is 1. The fourth-order valence-corrected chi connectivity index (χ4v) is 9.46. The predicted molar refractivity (Wildman–Crippen MR) is 155 cm³/mol.